The van der Waals surface area contributed by atoms with Crippen LogP contribution in [0.4, 0.5) is 0 Å². The van der Waals surface area contributed by atoms with Crippen molar-refractivity contribution in [3.63, 3.8) is 0 Å². The van der Waals surface area contributed by atoms with Crippen LogP contribution in [-0.2, 0) is 11.3 Å². The number of hydrogen-bond acceptors (Lipinski definition) is 3. The summed E-state index contributed by atoms with van der Waals surface area (Å²) in [5.41, 5.74) is 6.24. The lowest BCUT2D eigenvalue weighted by Gasteiger charge is -2.20. The van der Waals surface area contributed by atoms with E-state index in [1.807, 2.05) is 20.0 Å². The van der Waals surface area contributed by atoms with E-state index in [0.29, 0.717) is 11.4 Å². The van der Waals surface area contributed by atoms with Crippen molar-refractivity contribution in [2.45, 2.75) is 66.1 Å². The Morgan fingerprint density at radius 3 is 2.45 bits per heavy atom. The molecule has 3 aromatic rings. The molecule has 1 aliphatic carbocycles. The minimum atomic E-state index is -0.217. The van der Waals surface area contributed by atoms with Crippen molar-refractivity contribution in [3.05, 3.63) is 62.7 Å². The van der Waals surface area contributed by atoms with E-state index in [1.54, 1.807) is 6.20 Å². The monoisotopic (exact) mass is 392 g/mol. The number of nitrogens with zero attached hydrogens (tertiary/aromatic N) is 3. The average Bonchev–Trinajstić information content (AvgIpc) is 3.40. The van der Waals surface area contributed by atoms with Crippen LogP contribution in [0.1, 0.15) is 59.7 Å². The van der Waals surface area contributed by atoms with Crippen molar-refractivity contribution in [2.24, 2.45) is 0 Å². The van der Waals surface area contributed by atoms with E-state index < -0.39 is 0 Å². The highest BCUT2D eigenvalue weighted by Gasteiger charge is 2.26. The van der Waals surface area contributed by atoms with Crippen molar-refractivity contribution in [2.75, 3.05) is 0 Å². The zero-order chi connectivity index (χ0) is 20.9. The van der Waals surface area contributed by atoms with E-state index in [2.05, 4.69) is 47.9 Å². The first-order valence-electron chi connectivity index (χ1n) is 10.2. The number of nitrogens with one attached hydrogen (secondary N) is 1. The van der Waals surface area contributed by atoms with Crippen molar-refractivity contribution >= 4 is 16.8 Å². The van der Waals surface area contributed by atoms with E-state index >= 15 is 0 Å². The van der Waals surface area contributed by atoms with Crippen LogP contribution >= 0.6 is 0 Å². The van der Waals surface area contributed by atoms with E-state index in [4.69, 9.17) is 0 Å². The lowest BCUT2D eigenvalue weighted by molar-refractivity contribution is -0.122. The molecule has 6 nitrogen and oxygen atoms in total. The molecule has 1 N–H and O–H groups in total. The molecule has 6 heteroatoms. The van der Waals surface area contributed by atoms with Crippen molar-refractivity contribution in [3.8, 4) is 0 Å². The molecular formula is C23H28N4O2. The highest BCUT2D eigenvalue weighted by atomic mass is 16.2. The van der Waals surface area contributed by atoms with Gasteiger partial charge >= 0.3 is 0 Å². The van der Waals surface area contributed by atoms with Gasteiger partial charge in [-0.15, -0.1) is 0 Å². The molecule has 4 rings (SSSR count). The fourth-order valence-corrected chi connectivity index (χ4v) is 4.53. The molecule has 1 aliphatic rings. The molecule has 1 fully saturated rings. The highest BCUT2D eigenvalue weighted by molar-refractivity contribution is 5.83. The smallest absolute Gasteiger partial charge is 0.276 e. The van der Waals surface area contributed by atoms with Crippen LogP contribution in [0.15, 0.2) is 29.3 Å². The predicted octanol–water partition coefficient (Wildman–Crippen LogP) is 3.64. The molecule has 152 valence electrons. The summed E-state index contributed by atoms with van der Waals surface area (Å²) >= 11 is 0. The molecule has 1 saturated carbocycles. The molecule has 0 bridgehead atoms. The Kier molecular flexibility index (Phi) is 4.81. The van der Waals surface area contributed by atoms with Gasteiger partial charge in [-0.3, -0.25) is 9.59 Å². The second kappa shape index (κ2) is 7.17. The van der Waals surface area contributed by atoms with Gasteiger partial charge in [0.15, 0.2) is 0 Å². The summed E-state index contributed by atoms with van der Waals surface area (Å²) in [6, 6.07) is 4.59. The van der Waals surface area contributed by atoms with Gasteiger partial charge in [-0.25, -0.2) is 4.68 Å². The van der Waals surface area contributed by atoms with E-state index in [9.17, 15) is 9.59 Å². The lowest BCUT2D eigenvalue weighted by Crippen LogP contribution is -2.35. The Balaban J connectivity index is 1.56. The highest BCUT2D eigenvalue weighted by Crippen LogP contribution is 2.37. The summed E-state index contributed by atoms with van der Waals surface area (Å²) in [5, 5.41) is 7.97. The second-order valence-corrected chi connectivity index (χ2v) is 8.42. The Morgan fingerprint density at radius 2 is 1.83 bits per heavy atom. The maximum Gasteiger partial charge on any atom is 0.276 e. The molecule has 29 heavy (non-hydrogen) atoms. The molecular weight excluding hydrogens is 364 g/mol. The van der Waals surface area contributed by atoms with Crippen molar-refractivity contribution < 1.29 is 4.79 Å². The summed E-state index contributed by atoms with van der Waals surface area (Å²) in [7, 11) is 0. The average molecular weight is 393 g/mol. The number of fused-ring (bicyclic) bond motifs is 1. The molecule has 2 heterocycles. The van der Waals surface area contributed by atoms with Gasteiger partial charge in [-0.2, -0.15) is 5.10 Å². The van der Waals surface area contributed by atoms with E-state index in [-0.39, 0.29) is 24.1 Å². The van der Waals surface area contributed by atoms with Crippen LogP contribution in [0.2, 0.25) is 0 Å². The first-order valence-corrected chi connectivity index (χ1v) is 10.2. The zero-order valence-electron chi connectivity index (χ0n) is 17.7. The fraction of sp³-hybridized carbons (Fsp3) is 0.435. The largest absolute Gasteiger partial charge is 0.348 e. The Labute approximate surface area is 170 Å². The maximum atomic E-state index is 12.9. The van der Waals surface area contributed by atoms with Gasteiger partial charge in [0.25, 0.3) is 5.56 Å². The standard InChI is InChI=1S/C23H28N4O2/c1-13-8-14(2)21(15(3)9-13)17(5)25-20(28)12-27-23(29)22-16(4)11-26(18-6-7-18)19(22)10-24-27/h8-11,17-18H,6-7,12H2,1-5H3,(H,25,28)/t17-/m0/s1. The van der Waals surface area contributed by atoms with E-state index in [1.165, 1.54) is 10.2 Å². The number of benzene rings is 1. The Morgan fingerprint density at radius 1 is 1.17 bits per heavy atom. The summed E-state index contributed by atoms with van der Waals surface area (Å²) in [6.45, 7) is 10.0. The molecule has 1 atom stereocenters. The Bertz CT molecular complexity index is 1140. The van der Waals surface area contributed by atoms with E-state index in [0.717, 1.165) is 40.6 Å². The Hall–Kier alpha value is -2.89. The summed E-state index contributed by atoms with van der Waals surface area (Å²) in [6.07, 6.45) is 6.03. The number of amides is 1. The number of aryl methyl sites for hydroxylation is 4. The first-order chi connectivity index (χ1) is 13.8. The van der Waals surface area contributed by atoms with Crippen LogP contribution in [-0.4, -0.2) is 20.3 Å². The van der Waals surface area contributed by atoms with Gasteiger partial charge in [0, 0.05) is 12.2 Å². The van der Waals surface area contributed by atoms with Gasteiger partial charge in [0.2, 0.25) is 5.91 Å². The van der Waals surface area contributed by atoms with Crippen molar-refractivity contribution in [1.29, 1.82) is 0 Å². The summed E-state index contributed by atoms with van der Waals surface area (Å²) in [4.78, 5) is 25.6. The van der Waals surface area contributed by atoms with Gasteiger partial charge in [-0.05, 0) is 69.7 Å². The maximum absolute atomic E-state index is 12.9. The molecule has 1 aromatic carbocycles. The van der Waals surface area contributed by atoms with Crippen LogP contribution in [0.25, 0.3) is 10.9 Å². The molecule has 1 amide bonds. The van der Waals surface area contributed by atoms with Gasteiger partial charge < -0.3 is 9.88 Å². The molecule has 0 unspecified atom stereocenters. The number of carbonyl (C=O) groups excluding carboxylic acids is 1. The van der Waals surface area contributed by atoms with Crippen molar-refractivity contribution in [1.82, 2.24) is 19.7 Å². The third-order valence-corrected chi connectivity index (χ3v) is 5.81. The normalized spacial score (nSPS) is 14.9. The molecule has 2 aromatic heterocycles. The predicted molar refractivity (Wildman–Crippen MR) is 114 cm³/mol. The molecule has 0 aliphatic heterocycles. The van der Waals surface area contributed by atoms with Crippen LogP contribution in [0.3, 0.4) is 0 Å². The summed E-state index contributed by atoms with van der Waals surface area (Å²) in [5.74, 6) is -0.217. The topological polar surface area (TPSA) is 68.9 Å². The van der Waals surface area contributed by atoms with Gasteiger partial charge in [0.1, 0.15) is 6.54 Å². The third-order valence-electron chi connectivity index (χ3n) is 5.81. The second-order valence-electron chi connectivity index (χ2n) is 8.42. The first kappa shape index (κ1) is 19.4. The van der Waals surface area contributed by atoms with Gasteiger partial charge in [0.05, 0.1) is 23.1 Å². The minimum absolute atomic E-state index is 0.0862. The van der Waals surface area contributed by atoms with Gasteiger partial charge in [-0.1, -0.05) is 17.7 Å². The fourth-order valence-electron chi connectivity index (χ4n) is 4.53. The number of carbonyl (C=O) groups is 1. The minimum Gasteiger partial charge on any atom is -0.348 e. The van der Waals surface area contributed by atoms with Crippen LogP contribution in [0.5, 0.6) is 0 Å². The zero-order valence-corrected chi connectivity index (χ0v) is 17.7. The van der Waals surface area contributed by atoms with Crippen LogP contribution in [0, 0.1) is 27.7 Å². The quantitative estimate of drug-likeness (QED) is 0.721. The number of aromatic nitrogens is 3. The molecule has 0 saturated heterocycles. The molecule has 0 radical (unpaired) electrons. The summed E-state index contributed by atoms with van der Waals surface area (Å²) < 4.78 is 3.41. The molecule has 0 spiro atoms. The van der Waals surface area contributed by atoms with Crippen LogP contribution < -0.4 is 10.9 Å². The SMILES string of the molecule is Cc1cc(C)c([C@H](C)NC(=O)Cn2ncc3c(c(C)cn3C3CC3)c2=O)c(C)c1. The third kappa shape index (κ3) is 3.59. The lowest BCUT2D eigenvalue weighted by atomic mass is 9.95. The number of rotatable bonds is 5. The number of hydrogen-bond donors (Lipinski definition) is 1.